The van der Waals surface area contributed by atoms with Crippen LogP contribution in [0.25, 0.3) is 0 Å². The molecule has 0 radical (unpaired) electrons. The van der Waals surface area contributed by atoms with Gasteiger partial charge < -0.3 is 20.7 Å². The minimum atomic E-state index is -3.62. The summed E-state index contributed by atoms with van der Waals surface area (Å²) in [7, 11) is -3.62. The molecule has 0 aromatic carbocycles. The molecule has 94 valence electrons. The van der Waals surface area contributed by atoms with Gasteiger partial charge in [0.05, 0.1) is 18.2 Å². The fourth-order valence-electron chi connectivity index (χ4n) is 1.97. The smallest absolute Gasteiger partial charge is 0.277 e. The Morgan fingerprint density at radius 2 is 2.06 bits per heavy atom. The van der Waals surface area contributed by atoms with E-state index in [1.165, 1.54) is 0 Å². The van der Waals surface area contributed by atoms with Crippen LogP contribution >= 0.6 is 0 Å². The highest BCUT2D eigenvalue weighted by Gasteiger charge is 2.47. The zero-order valence-electron chi connectivity index (χ0n) is 8.41. The molecule has 16 heavy (non-hydrogen) atoms. The molecule has 2 heterocycles. The van der Waals surface area contributed by atoms with Crippen molar-refractivity contribution in [3.05, 3.63) is 0 Å². The zero-order valence-corrected chi connectivity index (χ0v) is 9.22. The summed E-state index contributed by atoms with van der Waals surface area (Å²) in [5.41, 5.74) is 5.38. The number of rotatable bonds is 1. The van der Waals surface area contributed by atoms with Crippen LogP contribution in [0.15, 0.2) is 0 Å². The van der Waals surface area contributed by atoms with Crippen molar-refractivity contribution < 1.29 is 23.4 Å². The normalized spacial score (nSPS) is 47.3. The number of nitrogens with two attached hydrogens (primary N) is 1. The molecule has 9 heteroatoms. The molecule has 0 bridgehead atoms. The number of aliphatic hydroxyl groups excluding tert-OH is 2. The fourth-order valence-corrected chi connectivity index (χ4v) is 3.09. The van der Waals surface area contributed by atoms with Crippen LogP contribution in [-0.2, 0) is 14.9 Å². The lowest BCUT2D eigenvalue weighted by Crippen LogP contribution is -2.70. The number of fused-ring (bicyclic) bond motifs is 1. The number of hydrogen-bond donors (Lipinski definition) is 5. The Morgan fingerprint density at radius 3 is 2.69 bits per heavy atom. The third-order valence-corrected chi connectivity index (χ3v) is 3.98. The van der Waals surface area contributed by atoms with Gasteiger partial charge in [0.25, 0.3) is 10.2 Å². The Bertz CT molecular complexity index is 359. The van der Waals surface area contributed by atoms with E-state index in [9.17, 15) is 18.6 Å². The average molecular weight is 253 g/mol. The fraction of sp³-hybridized carbons (Fsp3) is 1.00. The summed E-state index contributed by atoms with van der Waals surface area (Å²) >= 11 is 0. The van der Waals surface area contributed by atoms with Gasteiger partial charge in [-0.15, -0.1) is 0 Å². The summed E-state index contributed by atoms with van der Waals surface area (Å²) in [6, 6.07) is -0.843. The average Bonchev–Trinajstić information content (AvgIpc) is 2.23. The van der Waals surface area contributed by atoms with Crippen LogP contribution in [-0.4, -0.2) is 62.2 Å². The highest BCUT2D eigenvalue weighted by molar-refractivity contribution is 7.87. The minimum absolute atomic E-state index is 0.0558. The van der Waals surface area contributed by atoms with Crippen LogP contribution in [0.5, 0.6) is 0 Å². The lowest BCUT2D eigenvalue weighted by atomic mass is 9.93. The first-order chi connectivity index (χ1) is 7.44. The van der Waals surface area contributed by atoms with E-state index < -0.39 is 40.7 Å². The van der Waals surface area contributed by atoms with Gasteiger partial charge in [0.15, 0.2) is 0 Å². The largest absolute Gasteiger partial charge is 0.389 e. The molecule has 2 aliphatic heterocycles. The molecule has 8 nitrogen and oxygen atoms in total. The van der Waals surface area contributed by atoms with Gasteiger partial charge in [0, 0.05) is 13.1 Å². The molecule has 0 aromatic heterocycles. The molecule has 2 saturated heterocycles. The zero-order chi connectivity index (χ0) is 11.9. The molecule has 0 aromatic rings. The molecule has 5 atom stereocenters. The minimum Gasteiger partial charge on any atom is -0.389 e. The van der Waals surface area contributed by atoms with Crippen molar-refractivity contribution in [3.8, 4) is 0 Å². The van der Waals surface area contributed by atoms with E-state index >= 15 is 0 Å². The molecular weight excluding hydrogens is 238 g/mol. The van der Waals surface area contributed by atoms with Crippen LogP contribution in [0, 0.1) is 0 Å². The Kier molecular flexibility index (Phi) is 3.18. The maximum atomic E-state index is 11.2. The van der Waals surface area contributed by atoms with Crippen LogP contribution in [0.3, 0.4) is 0 Å². The molecular formula is C7H15N3O5S. The van der Waals surface area contributed by atoms with Crippen molar-refractivity contribution in [2.75, 3.05) is 13.1 Å². The number of ether oxygens (including phenoxy) is 1. The van der Waals surface area contributed by atoms with Crippen LogP contribution in [0.4, 0.5) is 0 Å². The van der Waals surface area contributed by atoms with Gasteiger partial charge in [-0.25, -0.2) is 0 Å². The van der Waals surface area contributed by atoms with E-state index in [0.29, 0.717) is 0 Å². The first kappa shape index (κ1) is 12.2. The maximum Gasteiger partial charge on any atom is 0.277 e. The Labute approximate surface area is 93.0 Å². The van der Waals surface area contributed by atoms with Gasteiger partial charge in [-0.2, -0.15) is 17.9 Å². The van der Waals surface area contributed by atoms with E-state index in [4.69, 9.17) is 10.5 Å². The van der Waals surface area contributed by atoms with Crippen molar-refractivity contribution >= 4 is 10.2 Å². The second-order valence-corrected chi connectivity index (χ2v) is 5.46. The molecule has 6 N–H and O–H groups in total. The lowest BCUT2D eigenvalue weighted by Gasteiger charge is -2.44. The summed E-state index contributed by atoms with van der Waals surface area (Å²) in [6.07, 6.45) is -3.62. The van der Waals surface area contributed by atoms with Crippen LogP contribution in [0.1, 0.15) is 0 Å². The van der Waals surface area contributed by atoms with Gasteiger partial charge in [-0.1, -0.05) is 0 Å². The SMILES string of the molecule is NC[C@H]1O[C@@H]2CNS(=O)(=O)N[C@@H]2[C@@H](O)[C@H]1O. The topological polar surface area (TPSA) is 134 Å². The summed E-state index contributed by atoms with van der Waals surface area (Å²) in [6.45, 7) is 0.120. The highest BCUT2D eigenvalue weighted by Crippen LogP contribution is 2.22. The summed E-state index contributed by atoms with van der Waals surface area (Å²) in [5, 5.41) is 19.4. The molecule has 0 amide bonds. The first-order valence-electron chi connectivity index (χ1n) is 4.93. The predicted molar refractivity (Wildman–Crippen MR) is 53.6 cm³/mol. The van der Waals surface area contributed by atoms with Crippen molar-refractivity contribution in [2.24, 2.45) is 5.73 Å². The molecule has 0 unspecified atom stereocenters. The first-order valence-corrected chi connectivity index (χ1v) is 6.41. The van der Waals surface area contributed by atoms with Gasteiger partial charge in [-0.3, -0.25) is 0 Å². The molecule has 2 aliphatic rings. The highest BCUT2D eigenvalue weighted by atomic mass is 32.2. The van der Waals surface area contributed by atoms with Crippen molar-refractivity contribution in [2.45, 2.75) is 30.5 Å². The van der Waals surface area contributed by atoms with E-state index in [-0.39, 0.29) is 13.1 Å². The Balaban J connectivity index is 2.17. The molecule has 0 saturated carbocycles. The van der Waals surface area contributed by atoms with Gasteiger partial charge in [-0.05, 0) is 0 Å². The molecule has 2 fully saturated rings. The predicted octanol–water partition coefficient (Wildman–Crippen LogP) is -3.76. The Hall–Kier alpha value is -0.290. The second-order valence-electron chi connectivity index (χ2n) is 3.93. The molecule has 0 spiro atoms. The Morgan fingerprint density at radius 1 is 1.38 bits per heavy atom. The quantitative estimate of drug-likeness (QED) is 0.326. The van der Waals surface area contributed by atoms with E-state index in [1.54, 1.807) is 0 Å². The van der Waals surface area contributed by atoms with Gasteiger partial charge in [0.2, 0.25) is 0 Å². The van der Waals surface area contributed by atoms with Gasteiger partial charge >= 0.3 is 0 Å². The van der Waals surface area contributed by atoms with Crippen LogP contribution < -0.4 is 15.2 Å². The third kappa shape index (κ3) is 2.07. The van der Waals surface area contributed by atoms with Gasteiger partial charge in [0.1, 0.15) is 12.2 Å². The summed E-state index contributed by atoms with van der Waals surface area (Å²) in [4.78, 5) is 0. The van der Waals surface area contributed by atoms with E-state index in [1.807, 2.05) is 0 Å². The van der Waals surface area contributed by atoms with E-state index in [0.717, 1.165) is 0 Å². The third-order valence-electron chi connectivity index (χ3n) is 2.85. The maximum absolute atomic E-state index is 11.2. The van der Waals surface area contributed by atoms with Crippen molar-refractivity contribution in [3.63, 3.8) is 0 Å². The molecule has 2 rings (SSSR count). The number of aliphatic hydroxyl groups is 2. The van der Waals surface area contributed by atoms with E-state index in [2.05, 4.69) is 9.44 Å². The van der Waals surface area contributed by atoms with Crippen molar-refractivity contribution in [1.82, 2.24) is 9.44 Å². The van der Waals surface area contributed by atoms with Crippen molar-refractivity contribution in [1.29, 1.82) is 0 Å². The summed E-state index contributed by atoms with van der Waals surface area (Å²) in [5.74, 6) is 0. The second kappa shape index (κ2) is 4.18. The number of nitrogens with one attached hydrogen (secondary N) is 2. The van der Waals surface area contributed by atoms with Crippen LogP contribution in [0.2, 0.25) is 0 Å². The molecule has 0 aliphatic carbocycles. The number of hydrogen-bond acceptors (Lipinski definition) is 6. The summed E-state index contributed by atoms with van der Waals surface area (Å²) < 4.78 is 32.3. The standard InChI is InChI=1S/C7H15N3O5S/c8-1-3-6(11)7(12)5-4(15-3)2-9-16(13,14)10-5/h3-7,9-12H,1-2,8H2/t3-,4-,5+,6+,7-/m1/s1. The monoisotopic (exact) mass is 253 g/mol. The lowest BCUT2D eigenvalue weighted by molar-refractivity contribution is -0.177.